The van der Waals surface area contributed by atoms with Gasteiger partial charge in [0.25, 0.3) is 0 Å². The summed E-state index contributed by atoms with van der Waals surface area (Å²) < 4.78 is 0. The van der Waals surface area contributed by atoms with Gasteiger partial charge in [-0.25, -0.2) is 4.79 Å². The quantitative estimate of drug-likeness (QED) is 0.686. The van der Waals surface area contributed by atoms with E-state index in [0.717, 1.165) is 11.3 Å². The first-order valence-electron chi connectivity index (χ1n) is 10.2. The van der Waals surface area contributed by atoms with Crippen molar-refractivity contribution in [2.75, 3.05) is 18.4 Å². The molecule has 2 aromatic rings. The van der Waals surface area contributed by atoms with Crippen LogP contribution >= 0.6 is 0 Å². The van der Waals surface area contributed by atoms with E-state index in [0.29, 0.717) is 32.4 Å². The zero-order valence-corrected chi connectivity index (χ0v) is 17.1. The number of nitrogens with one attached hydrogen (secondary N) is 3. The molecule has 1 aliphatic heterocycles. The first kappa shape index (κ1) is 21.4. The standard InChI is InChI=1S/C23H28N4O3/c1-17(28)24-21(16-18-8-4-2-5-9-18)22(29)25-20-12-14-27(15-13-20)23(30)26-19-10-6-3-7-11-19/h2-11,20-21H,12-16H2,1H3,(H,24,28)(H,25,29)(H,26,30)/t21-/m0/s1. The van der Waals surface area contributed by atoms with Gasteiger partial charge < -0.3 is 20.9 Å². The average molecular weight is 409 g/mol. The van der Waals surface area contributed by atoms with Gasteiger partial charge in [0, 0.05) is 38.2 Å². The molecule has 0 aromatic heterocycles. The van der Waals surface area contributed by atoms with Crippen molar-refractivity contribution in [3.63, 3.8) is 0 Å². The minimum atomic E-state index is -0.621. The second kappa shape index (κ2) is 10.4. The number of rotatable bonds is 6. The van der Waals surface area contributed by atoms with E-state index in [1.165, 1.54) is 6.92 Å². The number of para-hydroxylation sites is 1. The normalized spacial score (nSPS) is 15.2. The molecule has 0 radical (unpaired) electrons. The molecule has 0 bridgehead atoms. The monoisotopic (exact) mass is 408 g/mol. The molecule has 0 unspecified atom stereocenters. The molecule has 30 heavy (non-hydrogen) atoms. The summed E-state index contributed by atoms with van der Waals surface area (Å²) in [7, 11) is 0. The van der Waals surface area contributed by atoms with Crippen LogP contribution in [-0.2, 0) is 16.0 Å². The molecular weight excluding hydrogens is 380 g/mol. The number of hydrogen-bond donors (Lipinski definition) is 3. The summed E-state index contributed by atoms with van der Waals surface area (Å²) in [4.78, 5) is 38.5. The molecule has 3 N–H and O–H groups in total. The zero-order valence-electron chi connectivity index (χ0n) is 17.1. The van der Waals surface area contributed by atoms with E-state index in [2.05, 4.69) is 16.0 Å². The predicted octanol–water partition coefficient (Wildman–Crippen LogP) is 2.55. The van der Waals surface area contributed by atoms with E-state index in [9.17, 15) is 14.4 Å². The summed E-state index contributed by atoms with van der Waals surface area (Å²) in [6.45, 7) is 2.54. The van der Waals surface area contributed by atoms with Crippen molar-refractivity contribution in [3.8, 4) is 0 Å². The fourth-order valence-corrected chi connectivity index (χ4v) is 3.56. The lowest BCUT2D eigenvalue weighted by Gasteiger charge is -2.33. The van der Waals surface area contributed by atoms with Gasteiger partial charge in [0.15, 0.2) is 0 Å². The molecule has 1 atom stereocenters. The molecule has 1 saturated heterocycles. The number of nitrogens with zero attached hydrogens (tertiary/aromatic N) is 1. The van der Waals surface area contributed by atoms with Gasteiger partial charge in [0.2, 0.25) is 11.8 Å². The van der Waals surface area contributed by atoms with Gasteiger partial charge in [0.05, 0.1) is 0 Å². The number of benzene rings is 2. The highest BCUT2D eigenvalue weighted by Crippen LogP contribution is 2.14. The Morgan fingerprint density at radius 2 is 1.57 bits per heavy atom. The fourth-order valence-electron chi connectivity index (χ4n) is 3.56. The third-order valence-corrected chi connectivity index (χ3v) is 5.13. The fraction of sp³-hybridized carbons (Fsp3) is 0.348. The van der Waals surface area contributed by atoms with Crippen LogP contribution in [0.4, 0.5) is 10.5 Å². The van der Waals surface area contributed by atoms with E-state index in [1.807, 2.05) is 60.7 Å². The Labute approximate surface area is 176 Å². The summed E-state index contributed by atoms with van der Waals surface area (Å²) in [6.07, 6.45) is 1.78. The van der Waals surface area contributed by atoms with Crippen molar-refractivity contribution >= 4 is 23.5 Å². The van der Waals surface area contributed by atoms with Crippen molar-refractivity contribution in [2.45, 2.75) is 38.3 Å². The number of carbonyl (C=O) groups is 3. The number of urea groups is 1. The third-order valence-electron chi connectivity index (χ3n) is 5.13. The van der Waals surface area contributed by atoms with Crippen molar-refractivity contribution in [3.05, 3.63) is 66.2 Å². The van der Waals surface area contributed by atoms with Crippen LogP contribution < -0.4 is 16.0 Å². The Bertz CT molecular complexity index is 849. The molecule has 1 heterocycles. The molecule has 7 heteroatoms. The lowest BCUT2D eigenvalue weighted by molar-refractivity contribution is -0.128. The number of anilines is 1. The van der Waals surface area contributed by atoms with Crippen molar-refractivity contribution in [2.24, 2.45) is 0 Å². The van der Waals surface area contributed by atoms with Crippen LogP contribution in [0.25, 0.3) is 0 Å². The van der Waals surface area contributed by atoms with Gasteiger partial charge in [-0.15, -0.1) is 0 Å². The summed E-state index contributed by atoms with van der Waals surface area (Å²) in [6, 6.07) is 18.2. The summed E-state index contributed by atoms with van der Waals surface area (Å²) in [5, 5.41) is 8.67. The van der Waals surface area contributed by atoms with Gasteiger partial charge in [-0.1, -0.05) is 48.5 Å². The van der Waals surface area contributed by atoms with Crippen LogP contribution in [0, 0.1) is 0 Å². The first-order valence-corrected chi connectivity index (χ1v) is 10.2. The topological polar surface area (TPSA) is 90.5 Å². The molecule has 0 spiro atoms. The van der Waals surface area contributed by atoms with Crippen molar-refractivity contribution in [1.82, 2.24) is 15.5 Å². The van der Waals surface area contributed by atoms with Crippen molar-refractivity contribution in [1.29, 1.82) is 0 Å². The number of amides is 4. The lowest BCUT2D eigenvalue weighted by Crippen LogP contribution is -2.53. The van der Waals surface area contributed by atoms with E-state index >= 15 is 0 Å². The van der Waals surface area contributed by atoms with Gasteiger partial charge in [-0.05, 0) is 30.5 Å². The number of carbonyl (C=O) groups excluding carboxylic acids is 3. The van der Waals surface area contributed by atoms with E-state index in [4.69, 9.17) is 0 Å². The van der Waals surface area contributed by atoms with Crippen LogP contribution in [0.3, 0.4) is 0 Å². The van der Waals surface area contributed by atoms with Crippen LogP contribution in [0.2, 0.25) is 0 Å². The Morgan fingerprint density at radius 1 is 0.967 bits per heavy atom. The van der Waals surface area contributed by atoms with Crippen molar-refractivity contribution < 1.29 is 14.4 Å². The molecular formula is C23H28N4O3. The molecule has 0 saturated carbocycles. The maximum Gasteiger partial charge on any atom is 0.321 e. The number of piperidine rings is 1. The Hall–Kier alpha value is -3.35. The molecule has 3 rings (SSSR count). The highest BCUT2D eigenvalue weighted by Gasteiger charge is 2.27. The number of likely N-dealkylation sites (tertiary alicyclic amines) is 1. The minimum absolute atomic E-state index is 0.0229. The SMILES string of the molecule is CC(=O)N[C@@H](Cc1ccccc1)C(=O)NC1CCN(C(=O)Nc2ccccc2)CC1. The second-order valence-corrected chi connectivity index (χ2v) is 7.51. The van der Waals surface area contributed by atoms with Gasteiger partial charge >= 0.3 is 6.03 Å². The molecule has 1 fully saturated rings. The predicted molar refractivity (Wildman–Crippen MR) is 116 cm³/mol. The Kier molecular flexibility index (Phi) is 7.43. The Morgan fingerprint density at radius 3 is 2.17 bits per heavy atom. The molecule has 7 nitrogen and oxygen atoms in total. The molecule has 2 aromatic carbocycles. The summed E-state index contributed by atoms with van der Waals surface area (Å²) in [5.74, 6) is -0.431. The highest BCUT2D eigenvalue weighted by atomic mass is 16.2. The smallest absolute Gasteiger partial charge is 0.321 e. The van der Waals surface area contributed by atoms with Gasteiger partial charge in [-0.2, -0.15) is 0 Å². The maximum atomic E-state index is 12.8. The molecule has 0 aliphatic carbocycles. The third kappa shape index (κ3) is 6.34. The van der Waals surface area contributed by atoms with Crippen LogP contribution in [0.1, 0.15) is 25.3 Å². The van der Waals surface area contributed by atoms with Crippen LogP contribution in [0.5, 0.6) is 0 Å². The van der Waals surface area contributed by atoms with E-state index in [-0.39, 0.29) is 23.9 Å². The molecule has 1 aliphatic rings. The highest BCUT2D eigenvalue weighted by molar-refractivity contribution is 5.89. The van der Waals surface area contributed by atoms with Gasteiger partial charge in [-0.3, -0.25) is 9.59 Å². The van der Waals surface area contributed by atoms with Crippen LogP contribution in [0.15, 0.2) is 60.7 Å². The first-order chi connectivity index (χ1) is 14.5. The minimum Gasteiger partial charge on any atom is -0.351 e. The van der Waals surface area contributed by atoms with E-state index < -0.39 is 6.04 Å². The average Bonchev–Trinajstić information content (AvgIpc) is 2.75. The van der Waals surface area contributed by atoms with E-state index in [1.54, 1.807) is 4.90 Å². The van der Waals surface area contributed by atoms with Gasteiger partial charge in [0.1, 0.15) is 6.04 Å². The molecule has 158 valence electrons. The largest absolute Gasteiger partial charge is 0.351 e. The zero-order chi connectivity index (χ0) is 21.3. The number of hydrogen-bond acceptors (Lipinski definition) is 3. The maximum absolute atomic E-state index is 12.8. The Balaban J connectivity index is 1.50. The summed E-state index contributed by atoms with van der Waals surface area (Å²) in [5.41, 5.74) is 1.75. The molecule has 4 amide bonds. The van der Waals surface area contributed by atoms with Crippen LogP contribution in [-0.4, -0.2) is 47.9 Å². The summed E-state index contributed by atoms with van der Waals surface area (Å²) >= 11 is 0. The second-order valence-electron chi connectivity index (χ2n) is 7.51. The lowest BCUT2D eigenvalue weighted by atomic mass is 10.0.